The van der Waals surface area contributed by atoms with Crippen molar-refractivity contribution < 1.29 is 22.7 Å². The minimum atomic E-state index is -4.41. The molecule has 0 spiro atoms. The first-order valence-electron chi connectivity index (χ1n) is 7.43. The number of alkyl halides is 3. The maximum absolute atomic E-state index is 12.7. The fourth-order valence-corrected chi connectivity index (χ4v) is 1.88. The van der Waals surface area contributed by atoms with Gasteiger partial charge in [-0.05, 0) is 51.1 Å². The van der Waals surface area contributed by atoms with Crippen LogP contribution in [-0.2, 0) is 10.9 Å². The lowest BCUT2D eigenvalue weighted by atomic mass is 10.2. The highest BCUT2D eigenvalue weighted by molar-refractivity contribution is 5.84. The molecule has 1 heterocycles. The van der Waals surface area contributed by atoms with Gasteiger partial charge in [-0.2, -0.15) is 13.2 Å². The lowest BCUT2D eigenvalue weighted by Crippen LogP contribution is -2.27. The van der Waals surface area contributed by atoms with Crippen LogP contribution in [0.1, 0.15) is 26.3 Å². The SMILES string of the molecule is CC(C)(C)OC(=O)Nc1ccc(Nc2cccc(C(F)(F)F)c2)nc1. The van der Waals surface area contributed by atoms with Crippen molar-refractivity contribution in [1.82, 2.24) is 4.98 Å². The highest BCUT2D eigenvalue weighted by Gasteiger charge is 2.30. The summed E-state index contributed by atoms with van der Waals surface area (Å²) in [5.74, 6) is 0.342. The van der Waals surface area contributed by atoms with E-state index in [-0.39, 0.29) is 5.69 Å². The maximum Gasteiger partial charge on any atom is 0.416 e. The van der Waals surface area contributed by atoms with Crippen LogP contribution in [0.3, 0.4) is 0 Å². The van der Waals surface area contributed by atoms with Gasteiger partial charge in [0.1, 0.15) is 11.4 Å². The Morgan fingerprint density at radius 3 is 2.36 bits per heavy atom. The molecule has 25 heavy (non-hydrogen) atoms. The van der Waals surface area contributed by atoms with Crippen LogP contribution in [0, 0.1) is 0 Å². The lowest BCUT2D eigenvalue weighted by molar-refractivity contribution is -0.137. The second kappa shape index (κ2) is 7.00. The molecular weight excluding hydrogens is 335 g/mol. The maximum atomic E-state index is 12.7. The number of ether oxygens (including phenoxy) is 1. The van der Waals surface area contributed by atoms with E-state index in [1.165, 1.54) is 24.4 Å². The lowest BCUT2D eigenvalue weighted by Gasteiger charge is -2.19. The van der Waals surface area contributed by atoms with Crippen molar-refractivity contribution in [2.24, 2.45) is 0 Å². The zero-order valence-corrected chi connectivity index (χ0v) is 13.9. The molecular formula is C17H18F3N3O2. The first kappa shape index (κ1) is 18.6. The number of carbonyl (C=O) groups excluding carboxylic acids is 1. The van der Waals surface area contributed by atoms with Crippen molar-refractivity contribution >= 4 is 23.3 Å². The average Bonchev–Trinajstić information content (AvgIpc) is 2.47. The van der Waals surface area contributed by atoms with Gasteiger partial charge in [0.25, 0.3) is 0 Å². The summed E-state index contributed by atoms with van der Waals surface area (Å²) in [6, 6.07) is 7.90. The van der Waals surface area contributed by atoms with Gasteiger partial charge < -0.3 is 10.1 Å². The Balaban J connectivity index is 2.02. The van der Waals surface area contributed by atoms with E-state index in [9.17, 15) is 18.0 Å². The molecule has 134 valence electrons. The number of nitrogens with one attached hydrogen (secondary N) is 2. The molecule has 8 heteroatoms. The number of anilines is 3. The molecule has 0 fully saturated rings. The van der Waals surface area contributed by atoms with Gasteiger partial charge in [0.05, 0.1) is 17.4 Å². The van der Waals surface area contributed by atoms with Gasteiger partial charge in [0.2, 0.25) is 0 Å². The molecule has 0 aliphatic rings. The number of amides is 1. The number of nitrogens with zero attached hydrogens (tertiary/aromatic N) is 1. The zero-order valence-electron chi connectivity index (χ0n) is 13.9. The second-order valence-corrected chi connectivity index (χ2v) is 6.26. The Morgan fingerprint density at radius 1 is 1.08 bits per heavy atom. The molecule has 0 unspecified atom stereocenters. The summed E-state index contributed by atoms with van der Waals surface area (Å²) in [4.78, 5) is 15.7. The van der Waals surface area contributed by atoms with E-state index >= 15 is 0 Å². The molecule has 1 aromatic heterocycles. The van der Waals surface area contributed by atoms with Gasteiger partial charge >= 0.3 is 12.3 Å². The Bertz CT molecular complexity index is 738. The Kier molecular flexibility index (Phi) is 5.20. The Morgan fingerprint density at radius 2 is 1.80 bits per heavy atom. The number of halogens is 3. The average molecular weight is 353 g/mol. The van der Waals surface area contributed by atoms with Crippen LogP contribution >= 0.6 is 0 Å². The van der Waals surface area contributed by atoms with Crippen molar-refractivity contribution in [3.63, 3.8) is 0 Å². The summed E-state index contributed by atoms with van der Waals surface area (Å²) in [5.41, 5.74) is -0.706. The number of aromatic nitrogens is 1. The molecule has 2 rings (SSSR count). The van der Waals surface area contributed by atoms with Gasteiger partial charge in [-0.15, -0.1) is 0 Å². The highest BCUT2D eigenvalue weighted by atomic mass is 19.4. The van der Waals surface area contributed by atoms with Crippen LogP contribution < -0.4 is 10.6 Å². The van der Waals surface area contributed by atoms with Gasteiger partial charge in [0, 0.05) is 5.69 Å². The molecule has 0 atom stereocenters. The zero-order chi connectivity index (χ0) is 18.7. The van der Waals surface area contributed by atoms with Crippen molar-refractivity contribution in [1.29, 1.82) is 0 Å². The van der Waals surface area contributed by atoms with Gasteiger partial charge in [-0.1, -0.05) is 6.07 Å². The van der Waals surface area contributed by atoms with E-state index in [0.29, 0.717) is 11.5 Å². The molecule has 2 aromatic rings. The van der Waals surface area contributed by atoms with Crippen molar-refractivity contribution in [2.75, 3.05) is 10.6 Å². The molecule has 0 aliphatic carbocycles. The molecule has 1 aromatic carbocycles. The van der Waals surface area contributed by atoms with Crippen LogP contribution in [0.15, 0.2) is 42.6 Å². The molecule has 2 N–H and O–H groups in total. The van der Waals surface area contributed by atoms with Crippen LogP contribution in [0.25, 0.3) is 0 Å². The van der Waals surface area contributed by atoms with Crippen molar-refractivity contribution in [3.8, 4) is 0 Å². The molecule has 1 amide bonds. The van der Waals surface area contributed by atoms with E-state index in [2.05, 4.69) is 15.6 Å². The summed E-state index contributed by atoms with van der Waals surface area (Å²) < 4.78 is 43.2. The van der Waals surface area contributed by atoms with E-state index < -0.39 is 23.4 Å². The number of hydrogen-bond acceptors (Lipinski definition) is 4. The normalized spacial score (nSPS) is 11.8. The third kappa shape index (κ3) is 5.98. The van der Waals surface area contributed by atoms with Crippen LogP contribution in [0.5, 0.6) is 0 Å². The minimum Gasteiger partial charge on any atom is -0.444 e. The van der Waals surface area contributed by atoms with Crippen LogP contribution in [-0.4, -0.2) is 16.7 Å². The predicted molar refractivity (Wildman–Crippen MR) is 88.8 cm³/mol. The van der Waals surface area contributed by atoms with Gasteiger partial charge in [0.15, 0.2) is 0 Å². The minimum absolute atomic E-state index is 0.259. The van der Waals surface area contributed by atoms with E-state index in [4.69, 9.17) is 4.74 Å². The highest BCUT2D eigenvalue weighted by Crippen LogP contribution is 2.31. The number of hydrogen-bond donors (Lipinski definition) is 2. The fraction of sp³-hybridized carbons (Fsp3) is 0.294. The standard InChI is InChI=1S/C17H18F3N3O2/c1-16(2,3)25-15(24)23-13-7-8-14(21-10-13)22-12-6-4-5-11(9-12)17(18,19)20/h4-10H,1-3H3,(H,21,22)(H,23,24). The Labute approximate surface area is 143 Å². The molecule has 0 aliphatic heterocycles. The third-order valence-electron chi connectivity index (χ3n) is 2.87. The van der Waals surface area contributed by atoms with Crippen LogP contribution in [0.4, 0.5) is 35.2 Å². The smallest absolute Gasteiger partial charge is 0.416 e. The number of rotatable bonds is 3. The van der Waals surface area contributed by atoms with Crippen molar-refractivity contribution in [2.45, 2.75) is 32.5 Å². The van der Waals surface area contributed by atoms with E-state index in [0.717, 1.165) is 12.1 Å². The monoisotopic (exact) mass is 353 g/mol. The molecule has 0 saturated heterocycles. The van der Waals surface area contributed by atoms with Gasteiger partial charge in [-0.3, -0.25) is 5.32 Å². The van der Waals surface area contributed by atoms with Crippen LogP contribution in [0.2, 0.25) is 0 Å². The largest absolute Gasteiger partial charge is 0.444 e. The summed E-state index contributed by atoms with van der Waals surface area (Å²) in [5, 5.41) is 5.30. The van der Waals surface area contributed by atoms with Gasteiger partial charge in [-0.25, -0.2) is 9.78 Å². The number of carbonyl (C=O) groups is 1. The Hall–Kier alpha value is -2.77. The van der Waals surface area contributed by atoms with Crippen molar-refractivity contribution in [3.05, 3.63) is 48.2 Å². The van der Waals surface area contributed by atoms with E-state index in [1.54, 1.807) is 26.8 Å². The summed E-state index contributed by atoms with van der Waals surface area (Å²) in [6.07, 6.45) is -3.65. The first-order valence-corrected chi connectivity index (χ1v) is 7.43. The first-order chi connectivity index (χ1) is 11.5. The second-order valence-electron chi connectivity index (χ2n) is 6.26. The molecule has 0 radical (unpaired) electrons. The number of pyridine rings is 1. The number of benzene rings is 1. The molecule has 5 nitrogen and oxygen atoms in total. The summed E-state index contributed by atoms with van der Waals surface area (Å²) in [6.45, 7) is 5.23. The molecule has 0 saturated carbocycles. The summed E-state index contributed by atoms with van der Waals surface area (Å²) >= 11 is 0. The molecule has 0 bridgehead atoms. The quantitative estimate of drug-likeness (QED) is 0.797. The predicted octanol–water partition coefficient (Wildman–Crippen LogP) is 5.19. The van der Waals surface area contributed by atoms with E-state index in [1.807, 2.05) is 0 Å². The fourth-order valence-electron chi connectivity index (χ4n) is 1.88. The topological polar surface area (TPSA) is 63.2 Å². The third-order valence-corrected chi connectivity index (χ3v) is 2.87. The summed E-state index contributed by atoms with van der Waals surface area (Å²) in [7, 11) is 0.